The maximum Gasteiger partial charge on any atom is 0.413 e. The highest BCUT2D eigenvalue weighted by molar-refractivity contribution is 7.15. The second-order valence-corrected chi connectivity index (χ2v) is 7.39. The molecule has 1 heterocycles. The first-order valence-corrected chi connectivity index (χ1v) is 9.86. The van der Waals surface area contributed by atoms with Gasteiger partial charge in [-0.2, -0.15) is 0 Å². The predicted molar refractivity (Wildman–Crippen MR) is 107 cm³/mol. The Morgan fingerprint density at radius 2 is 1.83 bits per heavy atom. The summed E-state index contributed by atoms with van der Waals surface area (Å²) in [5, 5.41) is 6.87. The number of rotatable bonds is 6. The molecule has 0 radical (unpaired) electrons. The molecule has 2 N–H and O–H groups in total. The van der Waals surface area contributed by atoms with E-state index in [0.29, 0.717) is 10.6 Å². The largest absolute Gasteiger partial charge is 0.453 e. The Labute approximate surface area is 171 Å². The number of benzene rings is 1. The van der Waals surface area contributed by atoms with Gasteiger partial charge in [-0.05, 0) is 25.3 Å². The van der Waals surface area contributed by atoms with E-state index in [2.05, 4.69) is 10.1 Å². The number of carbonyl (C=O) groups excluding carboxylic acids is 4. The molecule has 0 unspecified atom stereocenters. The highest BCUT2D eigenvalue weighted by Crippen LogP contribution is 2.38. The number of alkyl carbamates (subject to hydrolysis) is 1. The number of hydrogen-bond donors (Lipinski definition) is 2. The van der Waals surface area contributed by atoms with Gasteiger partial charge in [0, 0.05) is 16.9 Å². The number of thiophene rings is 1. The molecule has 2 aromatic rings. The predicted octanol–water partition coefficient (Wildman–Crippen LogP) is 3.19. The van der Waals surface area contributed by atoms with Gasteiger partial charge in [0.05, 0.1) is 7.11 Å². The van der Waals surface area contributed by atoms with Crippen molar-refractivity contribution >= 4 is 40.2 Å². The van der Waals surface area contributed by atoms with Gasteiger partial charge in [-0.25, -0.2) is 9.59 Å². The van der Waals surface area contributed by atoms with Crippen molar-refractivity contribution in [2.24, 2.45) is 5.92 Å². The van der Waals surface area contributed by atoms with E-state index in [0.717, 1.165) is 25.5 Å². The fourth-order valence-corrected chi connectivity index (χ4v) is 3.53. The Bertz CT molecular complexity index is 936. The molecule has 1 saturated carbocycles. The molecule has 0 saturated heterocycles. The fraction of sp³-hybridized carbons (Fsp3) is 0.300. The van der Waals surface area contributed by atoms with Crippen molar-refractivity contribution in [3.63, 3.8) is 0 Å². The van der Waals surface area contributed by atoms with E-state index in [1.807, 2.05) is 35.6 Å². The highest BCUT2D eigenvalue weighted by Gasteiger charge is 2.32. The lowest BCUT2D eigenvalue weighted by Gasteiger charge is -2.14. The quantitative estimate of drug-likeness (QED) is 0.700. The van der Waals surface area contributed by atoms with Crippen LogP contribution in [-0.4, -0.2) is 37.1 Å². The number of imide groups is 1. The summed E-state index contributed by atoms with van der Waals surface area (Å²) in [4.78, 5) is 48.3. The van der Waals surface area contributed by atoms with E-state index in [-0.39, 0.29) is 17.4 Å². The van der Waals surface area contributed by atoms with Crippen LogP contribution in [0.1, 0.15) is 30.1 Å². The molecule has 1 aromatic carbocycles. The first-order chi connectivity index (χ1) is 13.9. The minimum absolute atomic E-state index is 0.0362. The molecule has 8 nitrogen and oxygen atoms in total. The number of amides is 3. The summed E-state index contributed by atoms with van der Waals surface area (Å²) in [5.41, 5.74) is 1.54. The van der Waals surface area contributed by atoms with Crippen molar-refractivity contribution in [3.8, 4) is 11.1 Å². The van der Waals surface area contributed by atoms with Gasteiger partial charge < -0.3 is 14.8 Å². The summed E-state index contributed by atoms with van der Waals surface area (Å²) in [6.45, 7) is 1.34. The Morgan fingerprint density at radius 3 is 2.45 bits per heavy atom. The number of esters is 1. The van der Waals surface area contributed by atoms with Crippen molar-refractivity contribution in [1.29, 1.82) is 0 Å². The van der Waals surface area contributed by atoms with Gasteiger partial charge in [0.15, 0.2) is 6.10 Å². The van der Waals surface area contributed by atoms with Crippen LogP contribution in [-0.2, 0) is 19.1 Å². The topological polar surface area (TPSA) is 111 Å². The summed E-state index contributed by atoms with van der Waals surface area (Å²) < 4.78 is 9.62. The molecule has 1 aromatic heterocycles. The molecular weight excluding hydrogens is 396 g/mol. The lowest BCUT2D eigenvalue weighted by molar-refractivity contribution is -0.128. The molecule has 0 spiro atoms. The van der Waals surface area contributed by atoms with Gasteiger partial charge >= 0.3 is 12.1 Å². The van der Waals surface area contributed by atoms with E-state index in [4.69, 9.17) is 4.74 Å². The summed E-state index contributed by atoms with van der Waals surface area (Å²) in [7, 11) is 1.12. The maximum atomic E-state index is 12.9. The molecular formula is C20H20N2O6S. The van der Waals surface area contributed by atoms with E-state index < -0.39 is 24.1 Å². The second-order valence-electron chi connectivity index (χ2n) is 6.51. The van der Waals surface area contributed by atoms with Crippen LogP contribution in [0.4, 0.5) is 9.80 Å². The first kappa shape index (κ1) is 20.5. The van der Waals surface area contributed by atoms with Crippen LogP contribution in [0.5, 0.6) is 0 Å². The maximum absolute atomic E-state index is 12.9. The molecule has 1 aliphatic carbocycles. The van der Waals surface area contributed by atoms with Crippen molar-refractivity contribution in [3.05, 3.63) is 41.3 Å². The SMILES string of the molecule is COC(=O)NC(=O)[C@H](C)OC(=O)c1c(-c2ccccc2)csc1NC(=O)C1CC1. The molecule has 0 aliphatic heterocycles. The zero-order valence-corrected chi connectivity index (χ0v) is 16.7. The average Bonchev–Trinajstić information content (AvgIpc) is 3.49. The smallest absolute Gasteiger partial charge is 0.413 e. The number of hydrogen-bond acceptors (Lipinski definition) is 7. The van der Waals surface area contributed by atoms with Gasteiger partial charge in [0.2, 0.25) is 5.91 Å². The summed E-state index contributed by atoms with van der Waals surface area (Å²) in [6, 6.07) is 9.17. The highest BCUT2D eigenvalue weighted by atomic mass is 32.1. The molecule has 9 heteroatoms. The molecule has 152 valence electrons. The molecule has 1 aliphatic rings. The summed E-state index contributed by atoms with van der Waals surface area (Å²) in [6.07, 6.45) is -0.534. The first-order valence-electron chi connectivity index (χ1n) is 8.98. The zero-order chi connectivity index (χ0) is 21.0. The second kappa shape index (κ2) is 8.87. The normalized spacial score (nSPS) is 13.9. The van der Waals surface area contributed by atoms with Gasteiger partial charge in [-0.1, -0.05) is 30.3 Å². The summed E-state index contributed by atoms with van der Waals surface area (Å²) >= 11 is 1.22. The Hall–Kier alpha value is -3.20. The van der Waals surface area contributed by atoms with Crippen LogP contribution in [0.2, 0.25) is 0 Å². The molecule has 1 atom stereocenters. The van der Waals surface area contributed by atoms with Crippen molar-refractivity contribution < 1.29 is 28.7 Å². The van der Waals surface area contributed by atoms with Crippen molar-refractivity contribution in [2.75, 3.05) is 12.4 Å². The minimum atomic E-state index is -1.24. The van der Waals surface area contributed by atoms with Crippen LogP contribution in [0.15, 0.2) is 35.7 Å². The third-order valence-corrected chi connectivity index (χ3v) is 5.22. The molecule has 3 rings (SSSR count). The van der Waals surface area contributed by atoms with Gasteiger partial charge in [-0.3, -0.25) is 14.9 Å². The van der Waals surface area contributed by atoms with Crippen LogP contribution in [0, 0.1) is 5.92 Å². The van der Waals surface area contributed by atoms with E-state index in [1.165, 1.54) is 18.3 Å². The van der Waals surface area contributed by atoms with E-state index in [1.54, 1.807) is 5.38 Å². The number of nitrogens with one attached hydrogen (secondary N) is 2. The number of methoxy groups -OCH3 is 1. The van der Waals surface area contributed by atoms with E-state index >= 15 is 0 Å². The lowest BCUT2D eigenvalue weighted by Crippen LogP contribution is -2.39. The third-order valence-electron chi connectivity index (χ3n) is 4.33. The fourth-order valence-electron chi connectivity index (χ4n) is 2.57. The lowest BCUT2D eigenvalue weighted by atomic mass is 10.0. The summed E-state index contributed by atoms with van der Waals surface area (Å²) in [5.74, 6) is -1.77. The van der Waals surface area contributed by atoms with Crippen LogP contribution in [0.25, 0.3) is 11.1 Å². The van der Waals surface area contributed by atoms with Crippen LogP contribution >= 0.6 is 11.3 Å². The molecule has 29 heavy (non-hydrogen) atoms. The van der Waals surface area contributed by atoms with Crippen LogP contribution < -0.4 is 10.6 Å². The molecule has 3 amide bonds. The van der Waals surface area contributed by atoms with Gasteiger partial charge in [0.1, 0.15) is 10.6 Å². The minimum Gasteiger partial charge on any atom is -0.453 e. The van der Waals surface area contributed by atoms with Crippen LogP contribution in [0.3, 0.4) is 0 Å². The Kier molecular flexibility index (Phi) is 6.28. The third kappa shape index (κ3) is 5.00. The molecule has 0 bridgehead atoms. The average molecular weight is 416 g/mol. The Morgan fingerprint density at radius 1 is 1.14 bits per heavy atom. The zero-order valence-electron chi connectivity index (χ0n) is 15.9. The monoisotopic (exact) mass is 416 g/mol. The standard InChI is InChI=1S/C20H20N2O6S/c1-11(16(23)22-20(26)27-2)28-19(25)15-14(12-6-4-3-5-7-12)10-29-18(15)21-17(24)13-8-9-13/h3-7,10-11,13H,8-9H2,1-2H3,(H,21,24)(H,22,23,26)/t11-/m0/s1. The van der Waals surface area contributed by atoms with Crippen molar-refractivity contribution in [2.45, 2.75) is 25.9 Å². The number of carbonyl (C=O) groups is 4. The van der Waals surface area contributed by atoms with Gasteiger partial charge in [0.25, 0.3) is 5.91 Å². The Balaban J connectivity index is 1.85. The number of ether oxygens (including phenoxy) is 2. The van der Waals surface area contributed by atoms with Gasteiger partial charge in [-0.15, -0.1) is 11.3 Å². The van der Waals surface area contributed by atoms with Crippen molar-refractivity contribution in [1.82, 2.24) is 5.32 Å². The molecule has 1 fully saturated rings. The van der Waals surface area contributed by atoms with E-state index in [9.17, 15) is 19.2 Å². The number of anilines is 1.